The summed E-state index contributed by atoms with van der Waals surface area (Å²) in [6.45, 7) is 2.21. The number of ether oxygens (including phenoxy) is 1. The smallest absolute Gasteiger partial charge is 0.262 e. The number of aliphatic imine (C=N–C) groups is 1. The standard InChI is InChI=1S/C26H28N4O4S/c31-23(15-22-25(33)29-26(35-22)30-11-4-1-5-12-30)28-19-9-6-8-18(13-19)24(32)27-16-20-14-17-7-2-3-10-21(17)34-20/h2-3,6-10,13,20,22H,1,4-5,11-12,14-16H2,(H,27,32)(H,28,31). The van der Waals surface area contributed by atoms with Crippen LogP contribution in [0.3, 0.4) is 0 Å². The minimum absolute atomic E-state index is 0.0420. The van der Waals surface area contributed by atoms with E-state index in [0.29, 0.717) is 17.8 Å². The predicted molar refractivity (Wildman–Crippen MR) is 136 cm³/mol. The second-order valence-corrected chi connectivity index (χ2v) is 10.2. The molecule has 2 aromatic rings. The number of piperidine rings is 1. The normalized spacial score (nSPS) is 21.2. The van der Waals surface area contributed by atoms with Crippen molar-refractivity contribution in [2.24, 2.45) is 4.99 Å². The van der Waals surface area contributed by atoms with Gasteiger partial charge in [0.15, 0.2) is 5.17 Å². The van der Waals surface area contributed by atoms with Gasteiger partial charge in [-0.2, -0.15) is 4.99 Å². The van der Waals surface area contributed by atoms with Crippen molar-refractivity contribution in [1.82, 2.24) is 10.2 Å². The Morgan fingerprint density at radius 2 is 1.91 bits per heavy atom. The predicted octanol–water partition coefficient (Wildman–Crippen LogP) is 3.23. The number of para-hydroxylation sites is 1. The molecule has 0 aromatic heterocycles. The molecule has 35 heavy (non-hydrogen) atoms. The highest BCUT2D eigenvalue weighted by atomic mass is 32.2. The van der Waals surface area contributed by atoms with Gasteiger partial charge in [0.2, 0.25) is 5.91 Å². The van der Waals surface area contributed by atoms with E-state index in [4.69, 9.17) is 4.74 Å². The van der Waals surface area contributed by atoms with Crippen molar-refractivity contribution >= 4 is 40.3 Å². The number of carbonyl (C=O) groups excluding carboxylic acids is 3. The number of carbonyl (C=O) groups is 3. The van der Waals surface area contributed by atoms with Gasteiger partial charge in [-0.15, -0.1) is 0 Å². The average Bonchev–Trinajstić information content (AvgIpc) is 3.46. The van der Waals surface area contributed by atoms with Gasteiger partial charge in [-0.05, 0) is 49.1 Å². The highest BCUT2D eigenvalue weighted by Gasteiger charge is 2.33. The van der Waals surface area contributed by atoms with Crippen molar-refractivity contribution in [1.29, 1.82) is 0 Å². The van der Waals surface area contributed by atoms with E-state index < -0.39 is 5.25 Å². The quantitative estimate of drug-likeness (QED) is 0.642. The van der Waals surface area contributed by atoms with Crippen molar-refractivity contribution in [2.45, 2.75) is 43.5 Å². The molecule has 0 aliphatic carbocycles. The van der Waals surface area contributed by atoms with Crippen LogP contribution in [0, 0.1) is 0 Å². The number of anilines is 1. The number of fused-ring (bicyclic) bond motifs is 1. The van der Waals surface area contributed by atoms with E-state index in [0.717, 1.165) is 48.8 Å². The zero-order valence-corrected chi connectivity index (χ0v) is 20.2. The van der Waals surface area contributed by atoms with Gasteiger partial charge in [-0.1, -0.05) is 36.0 Å². The monoisotopic (exact) mass is 492 g/mol. The minimum atomic E-state index is -0.506. The maximum atomic E-state index is 12.7. The number of thioether (sulfide) groups is 1. The number of likely N-dealkylation sites (tertiary alicyclic amines) is 1. The van der Waals surface area contributed by atoms with Crippen molar-refractivity contribution in [2.75, 3.05) is 25.0 Å². The van der Waals surface area contributed by atoms with Crippen LogP contribution in [0.15, 0.2) is 53.5 Å². The summed E-state index contributed by atoms with van der Waals surface area (Å²) in [5.74, 6) is 0.0985. The Bertz CT molecular complexity index is 1140. The lowest BCUT2D eigenvalue weighted by atomic mass is 10.1. The molecular formula is C26H28N4O4S. The highest BCUT2D eigenvalue weighted by molar-refractivity contribution is 8.15. The average molecular weight is 493 g/mol. The highest BCUT2D eigenvalue weighted by Crippen LogP contribution is 2.29. The maximum Gasteiger partial charge on any atom is 0.262 e. The fourth-order valence-electron chi connectivity index (χ4n) is 4.52. The molecule has 1 fully saturated rings. The van der Waals surface area contributed by atoms with E-state index in [9.17, 15) is 14.4 Å². The first-order valence-corrected chi connectivity index (χ1v) is 12.9. The largest absolute Gasteiger partial charge is 0.488 e. The molecule has 2 atom stereocenters. The van der Waals surface area contributed by atoms with Crippen LogP contribution >= 0.6 is 11.8 Å². The van der Waals surface area contributed by atoms with E-state index >= 15 is 0 Å². The molecule has 2 aromatic carbocycles. The van der Waals surface area contributed by atoms with Gasteiger partial charge in [-0.3, -0.25) is 14.4 Å². The topological polar surface area (TPSA) is 100 Å². The first-order valence-electron chi connectivity index (χ1n) is 12.0. The zero-order chi connectivity index (χ0) is 24.2. The Morgan fingerprint density at radius 3 is 2.74 bits per heavy atom. The van der Waals surface area contributed by atoms with Gasteiger partial charge in [-0.25, -0.2) is 0 Å². The molecule has 0 spiro atoms. The van der Waals surface area contributed by atoms with Crippen LogP contribution in [0.25, 0.3) is 0 Å². The van der Waals surface area contributed by atoms with Crippen LogP contribution in [0.5, 0.6) is 5.75 Å². The van der Waals surface area contributed by atoms with Crippen LogP contribution in [0.4, 0.5) is 5.69 Å². The summed E-state index contributed by atoms with van der Waals surface area (Å²) in [4.78, 5) is 44.0. The molecule has 3 amide bonds. The molecule has 182 valence electrons. The Morgan fingerprint density at radius 1 is 1.09 bits per heavy atom. The molecule has 3 aliphatic rings. The molecule has 2 unspecified atom stereocenters. The molecule has 0 radical (unpaired) electrons. The molecule has 3 heterocycles. The minimum Gasteiger partial charge on any atom is -0.488 e. The third-order valence-electron chi connectivity index (χ3n) is 6.34. The number of amides is 3. The van der Waals surface area contributed by atoms with Crippen LogP contribution in [-0.4, -0.2) is 58.8 Å². The fourth-order valence-corrected chi connectivity index (χ4v) is 5.64. The summed E-state index contributed by atoms with van der Waals surface area (Å²) in [7, 11) is 0. The van der Waals surface area contributed by atoms with Gasteiger partial charge in [0.25, 0.3) is 11.8 Å². The Balaban J connectivity index is 1.11. The van der Waals surface area contributed by atoms with E-state index in [1.807, 2.05) is 24.3 Å². The third kappa shape index (κ3) is 5.67. The number of amidine groups is 1. The Hall–Kier alpha value is -3.33. The lowest BCUT2D eigenvalue weighted by Crippen LogP contribution is -2.34. The number of hydrogen-bond donors (Lipinski definition) is 2. The number of benzene rings is 2. The van der Waals surface area contributed by atoms with Crippen LogP contribution in [0.2, 0.25) is 0 Å². The summed E-state index contributed by atoms with van der Waals surface area (Å²) in [5.41, 5.74) is 2.10. The van der Waals surface area contributed by atoms with Crippen LogP contribution in [-0.2, 0) is 16.0 Å². The molecule has 0 bridgehead atoms. The number of nitrogens with one attached hydrogen (secondary N) is 2. The second kappa shape index (κ2) is 10.5. The summed E-state index contributed by atoms with van der Waals surface area (Å²) >= 11 is 1.38. The van der Waals surface area contributed by atoms with Crippen molar-refractivity contribution < 1.29 is 19.1 Å². The first kappa shape index (κ1) is 23.4. The van der Waals surface area contributed by atoms with Gasteiger partial charge in [0.05, 0.1) is 6.54 Å². The fraction of sp³-hybridized carbons (Fsp3) is 0.385. The molecule has 8 nitrogen and oxygen atoms in total. The molecule has 5 rings (SSSR count). The van der Waals surface area contributed by atoms with Crippen molar-refractivity contribution in [3.8, 4) is 5.75 Å². The third-order valence-corrected chi connectivity index (χ3v) is 7.55. The van der Waals surface area contributed by atoms with E-state index in [1.165, 1.54) is 18.2 Å². The van der Waals surface area contributed by atoms with E-state index in [2.05, 4.69) is 20.5 Å². The Kier molecular flexibility index (Phi) is 7.03. The summed E-state index contributed by atoms with van der Waals surface area (Å²) in [6.07, 6.45) is 4.11. The number of hydrogen-bond acceptors (Lipinski definition) is 6. The zero-order valence-electron chi connectivity index (χ0n) is 19.4. The van der Waals surface area contributed by atoms with Gasteiger partial charge >= 0.3 is 0 Å². The molecule has 0 saturated carbocycles. The molecule has 3 aliphatic heterocycles. The van der Waals surface area contributed by atoms with Crippen molar-refractivity contribution in [3.05, 3.63) is 59.7 Å². The second-order valence-electron chi connectivity index (χ2n) is 8.98. The summed E-state index contributed by atoms with van der Waals surface area (Å²) in [6, 6.07) is 14.7. The first-order chi connectivity index (χ1) is 17.0. The number of nitrogens with zero attached hydrogens (tertiary/aromatic N) is 2. The molecule has 2 N–H and O–H groups in total. The van der Waals surface area contributed by atoms with Gasteiger partial charge in [0.1, 0.15) is 17.1 Å². The molecule has 9 heteroatoms. The summed E-state index contributed by atoms with van der Waals surface area (Å²) in [5, 5.41) is 5.96. The van der Waals surface area contributed by atoms with Crippen LogP contribution in [0.1, 0.15) is 41.6 Å². The Labute approximate surface area is 208 Å². The lowest BCUT2D eigenvalue weighted by molar-refractivity contribution is -0.121. The molecule has 1 saturated heterocycles. The SMILES string of the molecule is O=C(CC1SC(N2CCCCC2)=NC1=O)Nc1cccc(C(=O)NCC2Cc3ccccc3O2)c1. The lowest BCUT2D eigenvalue weighted by Gasteiger charge is -2.27. The van der Waals surface area contributed by atoms with Crippen LogP contribution < -0.4 is 15.4 Å². The van der Waals surface area contributed by atoms with Gasteiger partial charge in [0, 0.05) is 37.2 Å². The maximum absolute atomic E-state index is 12.7. The van der Waals surface area contributed by atoms with E-state index in [-0.39, 0.29) is 30.2 Å². The molecular weight excluding hydrogens is 464 g/mol. The van der Waals surface area contributed by atoms with Crippen molar-refractivity contribution in [3.63, 3.8) is 0 Å². The van der Waals surface area contributed by atoms with Gasteiger partial charge < -0.3 is 20.3 Å². The summed E-state index contributed by atoms with van der Waals surface area (Å²) < 4.78 is 5.87. The van der Waals surface area contributed by atoms with E-state index in [1.54, 1.807) is 24.3 Å². The number of rotatable bonds is 6.